The van der Waals surface area contributed by atoms with E-state index in [4.69, 9.17) is 8.83 Å². The van der Waals surface area contributed by atoms with Gasteiger partial charge in [-0.3, -0.25) is 4.79 Å². The van der Waals surface area contributed by atoms with Crippen molar-refractivity contribution < 1.29 is 13.6 Å². The molecule has 0 bridgehead atoms. The zero-order valence-electron chi connectivity index (χ0n) is 12.6. The van der Waals surface area contributed by atoms with E-state index in [0.717, 1.165) is 17.2 Å². The Balaban J connectivity index is 1.65. The Kier molecular flexibility index (Phi) is 5.21. The summed E-state index contributed by atoms with van der Waals surface area (Å²) in [6.07, 6.45) is 3.26. The summed E-state index contributed by atoms with van der Waals surface area (Å²) < 4.78 is 10.7. The van der Waals surface area contributed by atoms with Gasteiger partial charge in [0, 0.05) is 5.69 Å². The van der Waals surface area contributed by atoms with E-state index in [1.165, 1.54) is 11.8 Å². The highest BCUT2D eigenvalue weighted by atomic mass is 32.2. The molecule has 118 valence electrons. The lowest BCUT2D eigenvalue weighted by Crippen LogP contribution is -2.31. The van der Waals surface area contributed by atoms with Gasteiger partial charge < -0.3 is 13.7 Å². The third kappa shape index (κ3) is 4.29. The molecule has 0 fully saturated rings. The second-order valence-electron chi connectivity index (χ2n) is 4.97. The molecule has 3 rings (SSSR count). The Bertz CT molecular complexity index is 708. The summed E-state index contributed by atoms with van der Waals surface area (Å²) in [6, 6.07) is 17.1. The van der Waals surface area contributed by atoms with Gasteiger partial charge >= 0.3 is 0 Å². The second kappa shape index (κ2) is 7.74. The van der Waals surface area contributed by atoms with E-state index >= 15 is 0 Å². The molecule has 23 heavy (non-hydrogen) atoms. The molecule has 0 aliphatic carbocycles. The quantitative estimate of drug-likeness (QED) is 0.647. The number of furan rings is 2. The molecular formula is C18H17NO3S. The number of hydrogen-bond acceptors (Lipinski definition) is 4. The van der Waals surface area contributed by atoms with E-state index in [1.807, 2.05) is 54.6 Å². The molecule has 0 atom stereocenters. The number of benzene rings is 1. The first-order chi connectivity index (χ1) is 11.3. The van der Waals surface area contributed by atoms with E-state index in [9.17, 15) is 4.79 Å². The van der Waals surface area contributed by atoms with Gasteiger partial charge in [0.05, 0.1) is 30.6 Å². The van der Waals surface area contributed by atoms with Crippen molar-refractivity contribution >= 4 is 23.4 Å². The molecule has 2 aromatic heterocycles. The van der Waals surface area contributed by atoms with Crippen LogP contribution in [0.3, 0.4) is 0 Å². The van der Waals surface area contributed by atoms with Crippen molar-refractivity contribution in [3.63, 3.8) is 0 Å². The predicted octanol–water partition coefficient (Wildman–Crippen LogP) is 4.34. The number of hydrogen-bond donors (Lipinski definition) is 0. The second-order valence-corrected chi connectivity index (χ2v) is 5.95. The van der Waals surface area contributed by atoms with Crippen LogP contribution in [-0.2, 0) is 17.1 Å². The fourth-order valence-electron chi connectivity index (χ4n) is 2.20. The number of thioether (sulfide) groups is 1. The molecule has 4 nitrogen and oxygen atoms in total. The van der Waals surface area contributed by atoms with Crippen LogP contribution < -0.4 is 4.90 Å². The van der Waals surface area contributed by atoms with Gasteiger partial charge in [-0.05, 0) is 36.4 Å². The highest BCUT2D eigenvalue weighted by molar-refractivity contribution is 7.99. The standard InChI is InChI=1S/C18H17NO3S/c20-18(14-23-13-17-9-5-11-22-17)19(12-16-8-4-10-21-16)15-6-2-1-3-7-15/h1-11H,12-14H2. The molecule has 0 aliphatic heterocycles. The van der Waals surface area contributed by atoms with E-state index < -0.39 is 0 Å². The number of para-hydroxylation sites is 1. The number of nitrogens with zero attached hydrogens (tertiary/aromatic N) is 1. The highest BCUT2D eigenvalue weighted by Gasteiger charge is 2.17. The lowest BCUT2D eigenvalue weighted by molar-refractivity contribution is -0.116. The number of rotatable bonds is 7. The minimum absolute atomic E-state index is 0.0455. The van der Waals surface area contributed by atoms with Crippen LogP contribution in [0.1, 0.15) is 11.5 Å². The smallest absolute Gasteiger partial charge is 0.237 e. The van der Waals surface area contributed by atoms with Crippen molar-refractivity contribution in [2.24, 2.45) is 0 Å². The normalized spacial score (nSPS) is 10.6. The van der Waals surface area contributed by atoms with Gasteiger partial charge in [0.1, 0.15) is 11.5 Å². The molecule has 0 spiro atoms. The van der Waals surface area contributed by atoms with Gasteiger partial charge in [0.2, 0.25) is 5.91 Å². The van der Waals surface area contributed by atoms with Crippen LogP contribution in [0.4, 0.5) is 5.69 Å². The van der Waals surface area contributed by atoms with Crippen molar-refractivity contribution in [3.05, 3.63) is 78.6 Å². The Labute approximate surface area is 139 Å². The maximum atomic E-state index is 12.6. The van der Waals surface area contributed by atoms with Crippen LogP contribution in [0.2, 0.25) is 0 Å². The van der Waals surface area contributed by atoms with Gasteiger partial charge in [-0.25, -0.2) is 0 Å². The molecule has 0 radical (unpaired) electrons. The van der Waals surface area contributed by atoms with E-state index in [2.05, 4.69) is 0 Å². The number of anilines is 1. The maximum absolute atomic E-state index is 12.6. The summed E-state index contributed by atoms with van der Waals surface area (Å²) in [4.78, 5) is 14.4. The predicted molar refractivity (Wildman–Crippen MR) is 91.2 cm³/mol. The summed E-state index contributed by atoms with van der Waals surface area (Å²) in [6.45, 7) is 0.428. The lowest BCUT2D eigenvalue weighted by atomic mass is 10.2. The summed E-state index contributed by atoms with van der Waals surface area (Å²) in [7, 11) is 0. The van der Waals surface area contributed by atoms with Crippen LogP contribution in [0.15, 0.2) is 76.0 Å². The Morgan fingerprint density at radius 1 is 0.913 bits per heavy atom. The first kappa shape index (κ1) is 15.5. The first-order valence-corrected chi connectivity index (χ1v) is 8.46. The van der Waals surface area contributed by atoms with Crippen LogP contribution in [0.5, 0.6) is 0 Å². The van der Waals surface area contributed by atoms with Crippen LogP contribution >= 0.6 is 11.8 Å². The molecule has 5 heteroatoms. The molecule has 3 aromatic rings. The molecule has 2 heterocycles. The van der Waals surface area contributed by atoms with Gasteiger partial charge in [-0.15, -0.1) is 11.8 Å². The minimum Gasteiger partial charge on any atom is -0.468 e. The summed E-state index contributed by atoms with van der Waals surface area (Å²) >= 11 is 1.54. The van der Waals surface area contributed by atoms with Crippen molar-refractivity contribution in [2.75, 3.05) is 10.7 Å². The van der Waals surface area contributed by atoms with Crippen LogP contribution in [0.25, 0.3) is 0 Å². The van der Waals surface area contributed by atoms with E-state index in [-0.39, 0.29) is 5.91 Å². The monoisotopic (exact) mass is 327 g/mol. The zero-order valence-corrected chi connectivity index (χ0v) is 13.4. The van der Waals surface area contributed by atoms with Crippen LogP contribution in [0, 0.1) is 0 Å². The van der Waals surface area contributed by atoms with Crippen molar-refractivity contribution in [3.8, 4) is 0 Å². The molecule has 0 N–H and O–H groups in total. The van der Waals surface area contributed by atoms with Crippen LogP contribution in [-0.4, -0.2) is 11.7 Å². The van der Waals surface area contributed by atoms with Gasteiger partial charge in [0.15, 0.2) is 0 Å². The average Bonchev–Trinajstić information content (AvgIpc) is 3.27. The highest BCUT2D eigenvalue weighted by Crippen LogP contribution is 2.20. The van der Waals surface area contributed by atoms with Gasteiger partial charge in [-0.1, -0.05) is 18.2 Å². The number of amides is 1. The number of carbonyl (C=O) groups excluding carboxylic acids is 1. The molecule has 0 aliphatic rings. The molecule has 1 amide bonds. The summed E-state index contributed by atoms with van der Waals surface area (Å²) in [5.41, 5.74) is 0.868. The fraction of sp³-hybridized carbons (Fsp3) is 0.167. The van der Waals surface area contributed by atoms with Gasteiger partial charge in [0.25, 0.3) is 0 Å². The van der Waals surface area contributed by atoms with Crippen molar-refractivity contribution in [2.45, 2.75) is 12.3 Å². The topological polar surface area (TPSA) is 46.6 Å². The molecular weight excluding hydrogens is 310 g/mol. The third-order valence-electron chi connectivity index (χ3n) is 3.31. The first-order valence-electron chi connectivity index (χ1n) is 7.31. The lowest BCUT2D eigenvalue weighted by Gasteiger charge is -2.21. The molecule has 0 unspecified atom stereocenters. The summed E-state index contributed by atoms with van der Waals surface area (Å²) in [5, 5.41) is 0. The minimum atomic E-state index is 0.0455. The number of carbonyl (C=O) groups is 1. The van der Waals surface area contributed by atoms with Crippen molar-refractivity contribution in [1.29, 1.82) is 0 Å². The third-order valence-corrected chi connectivity index (χ3v) is 4.25. The Hall–Kier alpha value is -2.40. The van der Waals surface area contributed by atoms with Gasteiger partial charge in [-0.2, -0.15) is 0 Å². The zero-order chi connectivity index (χ0) is 15.9. The average molecular weight is 327 g/mol. The SMILES string of the molecule is O=C(CSCc1ccco1)N(Cc1ccco1)c1ccccc1. The van der Waals surface area contributed by atoms with E-state index in [0.29, 0.717) is 18.1 Å². The summed E-state index contributed by atoms with van der Waals surface area (Å²) in [5.74, 6) is 2.75. The Morgan fingerprint density at radius 3 is 2.26 bits per heavy atom. The van der Waals surface area contributed by atoms with E-state index in [1.54, 1.807) is 17.4 Å². The maximum Gasteiger partial charge on any atom is 0.237 e. The molecule has 0 saturated heterocycles. The molecule has 1 aromatic carbocycles. The largest absolute Gasteiger partial charge is 0.468 e. The fourth-order valence-corrected chi connectivity index (χ4v) is 3.00. The molecule has 0 saturated carbocycles. The Morgan fingerprint density at radius 2 is 1.61 bits per heavy atom. The van der Waals surface area contributed by atoms with Crippen molar-refractivity contribution in [1.82, 2.24) is 0 Å².